The van der Waals surface area contributed by atoms with Crippen molar-refractivity contribution >= 4 is 40.1 Å². The highest BCUT2D eigenvalue weighted by atomic mass is 28.4. The number of carbonyl (C=O) groups is 1. The minimum absolute atomic E-state index is 0.0586. The summed E-state index contributed by atoms with van der Waals surface area (Å²) >= 11 is 0. The fourth-order valence-corrected chi connectivity index (χ4v) is 11.1. The van der Waals surface area contributed by atoms with Crippen LogP contribution in [-0.4, -0.2) is 63.8 Å². The van der Waals surface area contributed by atoms with Gasteiger partial charge < -0.3 is 24.3 Å². The average molecular weight is 583 g/mol. The van der Waals surface area contributed by atoms with E-state index in [0.29, 0.717) is 17.8 Å². The number of nitrogens with zero attached hydrogens (tertiary/aromatic N) is 2. The molecule has 0 aliphatic heterocycles. The summed E-state index contributed by atoms with van der Waals surface area (Å²) < 4.78 is 6.19. The first-order chi connectivity index (χ1) is 19.0. The van der Waals surface area contributed by atoms with E-state index >= 15 is 0 Å². The van der Waals surface area contributed by atoms with Gasteiger partial charge in [0.25, 0.3) is 0 Å². The Bertz CT molecular complexity index is 1190. The van der Waals surface area contributed by atoms with Crippen molar-refractivity contribution in [3.05, 3.63) is 70.4 Å². The molecule has 40 heavy (non-hydrogen) atoms. The molecule has 0 amide bonds. The third kappa shape index (κ3) is 8.08. The van der Waals surface area contributed by atoms with E-state index in [1.165, 1.54) is 12.2 Å². The Morgan fingerprint density at radius 3 is 1.95 bits per heavy atom. The number of benzene rings is 1. The molecule has 1 unspecified atom stereocenters. The van der Waals surface area contributed by atoms with E-state index in [-0.39, 0.29) is 34.0 Å². The van der Waals surface area contributed by atoms with Gasteiger partial charge in [-0.2, -0.15) is 0 Å². The smallest absolute Gasteiger partial charge is 0.202 e. The maximum Gasteiger partial charge on any atom is 0.202 e. The number of aliphatic imine (C=N–C) groups is 1. The normalized spacial score (nSPS) is 16.6. The molecular weight excluding hydrogens is 537 g/mol. The summed E-state index contributed by atoms with van der Waals surface area (Å²) in [5, 5.41) is 32.2. The van der Waals surface area contributed by atoms with Crippen LogP contribution in [0.15, 0.2) is 69.8 Å². The van der Waals surface area contributed by atoms with Crippen LogP contribution in [0.1, 0.15) is 51.5 Å². The molecule has 0 aromatic heterocycles. The Balaban J connectivity index is 1.73. The Morgan fingerprint density at radius 2 is 1.45 bits per heavy atom. The van der Waals surface area contributed by atoms with E-state index < -0.39 is 23.1 Å². The van der Waals surface area contributed by atoms with E-state index in [1.807, 2.05) is 24.3 Å². The van der Waals surface area contributed by atoms with Crippen LogP contribution in [0.4, 0.5) is 5.69 Å². The number of hydrogen-bond acceptors (Lipinski definition) is 7. The lowest BCUT2D eigenvalue weighted by Gasteiger charge is -2.27. The number of aliphatic hydroxyl groups excluding tert-OH is 3. The van der Waals surface area contributed by atoms with Crippen LogP contribution in [0.5, 0.6) is 0 Å². The molecule has 7 nitrogen and oxygen atoms in total. The summed E-state index contributed by atoms with van der Waals surface area (Å²) in [6.45, 7) is 15.7. The van der Waals surface area contributed by atoms with Crippen molar-refractivity contribution in [2.24, 2.45) is 4.99 Å². The second-order valence-corrected chi connectivity index (χ2v) is 19.0. The van der Waals surface area contributed by atoms with Crippen LogP contribution in [0.3, 0.4) is 0 Å². The fourth-order valence-electron chi connectivity index (χ4n) is 5.00. The van der Waals surface area contributed by atoms with Crippen LogP contribution in [-0.2, 0) is 8.91 Å². The van der Waals surface area contributed by atoms with Crippen LogP contribution in [0.25, 0.3) is 5.57 Å². The highest BCUT2D eigenvalue weighted by Crippen LogP contribution is 2.41. The first kappa shape index (κ1) is 31.6. The van der Waals surface area contributed by atoms with Gasteiger partial charge in [0.2, 0.25) is 5.78 Å². The second-order valence-electron chi connectivity index (χ2n) is 11.6. The van der Waals surface area contributed by atoms with Gasteiger partial charge in [-0.15, -0.1) is 0 Å². The van der Waals surface area contributed by atoms with Gasteiger partial charge in [-0.1, -0.05) is 38.8 Å². The number of anilines is 1. The quantitative estimate of drug-likeness (QED) is 0.122. The molecule has 0 saturated heterocycles. The number of rotatable bonds is 14. The SMILES string of the molecule is CCCCN(CCCC)c1ccc(C2=C(O)C(=C3C(O)=CC(=NCCC[SiH](C)O[Si](C)(C)C)C=C3O)C2=O)cc1. The van der Waals surface area contributed by atoms with Gasteiger partial charge in [-0.05, 0) is 69.2 Å². The topological polar surface area (TPSA) is 103 Å². The minimum atomic E-state index is -1.52. The summed E-state index contributed by atoms with van der Waals surface area (Å²) in [6.07, 6.45) is 8.20. The molecule has 2 aliphatic carbocycles. The Kier molecular flexibility index (Phi) is 11.2. The Hall–Kier alpha value is -2.89. The summed E-state index contributed by atoms with van der Waals surface area (Å²) in [6, 6.07) is 8.67. The number of hydrogen-bond donors (Lipinski definition) is 3. The molecule has 3 N–H and O–H groups in total. The van der Waals surface area contributed by atoms with E-state index in [4.69, 9.17) is 4.12 Å². The average Bonchev–Trinajstić information content (AvgIpc) is 2.88. The number of aliphatic hydroxyl groups is 3. The lowest BCUT2D eigenvalue weighted by Crippen LogP contribution is -2.32. The highest BCUT2D eigenvalue weighted by molar-refractivity contribution is 6.77. The third-order valence-electron chi connectivity index (χ3n) is 6.96. The maximum atomic E-state index is 13.1. The van der Waals surface area contributed by atoms with E-state index in [0.717, 1.165) is 56.9 Å². The highest BCUT2D eigenvalue weighted by Gasteiger charge is 2.39. The second kappa shape index (κ2) is 14.1. The van der Waals surface area contributed by atoms with Gasteiger partial charge in [-0.3, -0.25) is 9.79 Å². The number of allylic oxidation sites excluding steroid dienone is 4. The van der Waals surface area contributed by atoms with Gasteiger partial charge in [-0.25, -0.2) is 0 Å². The number of ketones is 1. The molecule has 0 saturated carbocycles. The molecule has 0 bridgehead atoms. The van der Waals surface area contributed by atoms with Crippen molar-refractivity contribution in [3.8, 4) is 0 Å². The van der Waals surface area contributed by atoms with Crippen LogP contribution >= 0.6 is 0 Å². The first-order valence-electron chi connectivity index (χ1n) is 14.6. The number of Topliss-reactive ketones (excluding diaryl/α,β-unsaturated/α-hetero) is 1. The Morgan fingerprint density at radius 1 is 0.875 bits per heavy atom. The van der Waals surface area contributed by atoms with Crippen molar-refractivity contribution < 1.29 is 24.2 Å². The number of unbranched alkanes of at least 4 members (excludes halogenated alkanes) is 2. The molecule has 2 aliphatic rings. The zero-order valence-corrected chi connectivity index (χ0v) is 27.1. The van der Waals surface area contributed by atoms with Gasteiger partial charge in [0.1, 0.15) is 17.3 Å². The maximum absolute atomic E-state index is 13.1. The standard InChI is InChI=1S/C31H46N2O5Si2/c1-7-9-17-33(18-10-8-2)24-14-12-22(13-15-24)27-30(36)29(31(27)37)28-25(34)20-23(21-26(28)35)32-16-11-19-39(3)38-40(4,5)6/h12-15,20-21,34-36,39H,7-11,16-19H2,1-6H3. The lowest BCUT2D eigenvalue weighted by molar-refractivity contribution is -0.111. The molecular formula is C31H46N2O5Si2. The van der Waals surface area contributed by atoms with E-state index in [1.54, 1.807) is 0 Å². The van der Waals surface area contributed by atoms with Crippen molar-refractivity contribution in [2.45, 2.75) is 78.2 Å². The van der Waals surface area contributed by atoms with E-state index in [2.05, 4.69) is 49.9 Å². The molecule has 218 valence electrons. The Labute approximate surface area is 242 Å². The molecule has 0 spiro atoms. The lowest BCUT2D eigenvalue weighted by atomic mass is 9.79. The van der Waals surface area contributed by atoms with Crippen LogP contribution in [0, 0.1) is 0 Å². The third-order valence-corrected chi connectivity index (χ3v) is 12.6. The van der Waals surface area contributed by atoms with Gasteiger partial charge >= 0.3 is 0 Å². The summed E-state index contributed by atoms with van der Waals surface area (Å²) in [5.41, 5.74) is 2.20. The van der Waals surface area contributed by atoms with Gasteiger partial charge in [0.15, 0.2) is 17.4 Å². The molecule has 0 fully saturated rings. The van der Waals surface area contributed by atoms with Crippen LogP contribution < -0.4 is 4.90 Å². The number of carbonyl (C=O) groups excluding carboxylic acids is 1. The van der Waals surface area contributed by atoms with Crippen molar-refractivity contribution in [2.75, 3.05) is 24.5 Å². The van der Waals surface area contributed by atoms with Gasteiger partial charge in [0, 0.05) is 37.5 Å². The zero-order valence-electron chi connectivity index (χ0n) is 25.0. The molecule has 0 radical (unpaired) electrons. The van der Waals surface area contributed by atoms with Gasteiger partial charge in [0.05, 0.1) is 22.4 Å². The molecule has 9 heteroatoms. The summed E-state index contributed by atoms with van der Waals surface area (Å²) in [7, 11) is -2.75. The minimum Gasteiger partial charge on any atom is -0.507 e. The molecule has 3 rings (SSSR count). The monoisotopic (exact) mass is 582 g/mol. The molecule has 1 aromatic rings. The molecule has 1 aromatic carbocycles. The van der Waals surface area contributed by atoms with Crippen molar-refractivity contribution in [3.63, 3.8) is 0 Å². The molecule has 0 heterocycles. The fraction of sp³-hybridized carbons (Fsp3) is 0.484. The predicted molar refractivity (Wildman–Crippen MR) is 171 cm³/mol. The first-order valence-corrected chi connectivity index (χ1v) is 20.4. The zero-order chi connectivity index (χ0) is 29.4. The molecule has 1 atom stereocenters. The summed E-state index contributed by atoms with van der Waals surface area (Å²) in [4.78, 5) is 20.0. The van der Waals surface area contributed by atoms with Crippen LogP contribution in [0.2, 0.25) is 32.2 Å². The van der Waals surface area contributed by atoms with Crippen molar-refractivity contribution in [1.82, 2.24) is 0 Å². The van der Waals surface area contributed by atoms with Crippen molar-refractivity contribution in [1.29, 1.82) is 0 Å². The van der Waals surface area contributed by atoms with E-state index in [9.17, 15) is 20.1 Å². The predicted octanol–water partition coefficient (Wildman–Crippen LogP) is 7.18. The summed E-state index contributed by atoms with van der Waals surface area (Å²) in [5.74, 6) is -1.19. The largest absolute Gasteiger partial charge is 0.507 e.